The first-order valence-electron chi connectivity index (χ1n) is 10.4. The summed E-state index contributed by atoms with van der Waals surface area (Å²) < 4.78 is 11.1. The molecule has 5 nitrogen and oxygen atoms in total. The summed E-state index contributed by atoms with van der Waals surface area (Å²) in [5, 5.41) is 12.3. The number of anilines is 1. The van der Waals surface area contributed by atoms with Crippen molar-refractivity contribution in [1.82, 2.24) is 0 Å². The van der Waals surface area contributed by atoms with Crippen LogP contribution >= 0.6 is 0 Å². The van der Waals surface area contributed by atoms with Gasteiger partial charge in [-0.2, -0.15) is 5.26 Å². The lowest BCUT2D eigenvalue weighted by Crippen LogP contribution is -2.13. The number of amides is 1. The van der Waals surface area contributed by atoms with E-state index in [1.54, 1.807) is 31.4 Å². The first-order chi connectivity index (χ1) is 14.6. The Bertz CT molecular complexity index is 896. The molecular weight excluding hydrogens is 376 g/mol. The number of methoxy groups -OCH3 is 1. The van der Waals surface area contributed by atoms with Crippen LogP contribution in [-0.2, 0) is 11.2 Å². The van der Waals surface area contributed by atoms with Crippen molar-refractivity contribution in [2.75, 3.05) is 19.0 Å². The van der Waals surface area contributed by atoms with Crippen molar-refractivity contribution in [2.24, 2.45) is 0 Å². The summed E-state index contributed by atoms with van der Waals surface area (Å²) in [5.41, 5.74) is 2.61. The fraction of sp³-hybridized carbons (Fsp3) is 0.360. The molecule has 30 heavy (non-hydrogen) atoms. The number of hydrogen-bond donors (Lipinski definition) is 1. The van der Waals surface area contributed by atoms with Crippen LogP contribution in [0.3, 0.4) is 0 Å². The van der Waals surface area contributed by atoms with E-state index >= 15 is 0 Å². The van der Waals surface area contributed by atoms with Gasteiger partial charge in [-0.15, -0.1) is 0 Å². The van der Waals surface area contributed by atoms with Crippen LogP contribution in [0.4, 0.5) is 5.69 Å². The summed E-state index contributed by atoms with van der Waals surface area (Å²) in [6, 6.07) is 15.1. The summed E-state index contributed by atoms with van der Waals surface area (Å²) >= 11 is 0. The Labute approximate surface area is 179 Å². The molecule has 0 radical (unpaired) electrons. The van der Waals surface area contributed by atoms with Crippen LogP contribution in [0.2, 0.25) is 0 Å². The number of hydrogen-bond acceptors (Lipinski definition) is 4. The van der Waals surface area contributed by atoms with Gasteiger partial charge in [-0.3, -0.25) is 4.79 Å². The number of nitriles is 1. The molecule has 2 aromatic carbocycles. The van der Waals surface area contributed by atoms with E-state index in [1.807, 2.05) is 30.3 Å². The Morgan fingerprint density at radius 3 is 2.43 bits per heavy atom. The Hall–Kier alpha value is -3.26. The zero-order valence-electron chi connectivity index (χ0n) is 18.0. The molecule has 0 fully saturated rings. The van der Waals surface area contributed by atoms with Gasteiger partial charge >= 0.3 is 0 Å². The fourth-order valence-corrected chi connectivity index (χ4v) is 2.87. The first kappa shape index (κ1) is 23.0. The van der Waals surface area contributed by atoms with Gasteiger partial charge < -0.3 is 14.8 Å². The maximum atomic E-state index is 12.5. The molecule has 0 heterocycles. The largest absolute Gasteiger partial charge is 0.493 e. The van der Waals surface area contributed by atoms with Crippen molar-refractivity contribution in [1.29, 1.82) is 5.26 Å². The van der Waals surface area contributed by atoms with Crippen LogP contribution in [-0.4, -0.2) is 19.6 Å². The molecule has 5 heteroatoms. The quantitative estimate of drug-likeness (QED) is 0.292. The summed E-state index contributed by atoms with van der Waals surface area (Å²) in [7, 11) is 1.57. The summed E-state index contributed by atoms with van der Waals surface area (Å²) in [6.07, 6.45) is 6.86. The molecule has 0 unspecified atom stereocenters. The molecule has 0 spiro atoms. The molecule has 0 saturated carbocycles. The Morgan fingerprint density at radius 1 is 1.07 bits per heavy atom. The number of unbranched alkanes of at least 4 members (excludes halogenated alkanes) is 2. The van der Waals surface area contributed by atoms with Crippen molar-refractivity contribution in [2.45, 2.75) is 46.0 Å². The highest BCUT2D eigenvalue weighted by molar-refractivity contribution is 6.09. The number of nitrogens with one attached hydrogen (secondary N) is 1. The second kappa shape index (κ2) is 12.3. The highest BCUT2D eigenvalue weighted by atomic mass is 16.5. The van der Waals surface area contributed by atoms with Crippen LogP contribution in [0.25, 0.3) is 6.08 Å². The molecule has 0 aromatic heterocycles. The van der Waals surface area contributed by atoms with Crippen LogP contribution < -0.4 is 14.8 Å². The van der Waals surface area contributed by atoms with E-state index in [2.05, 4.69) is 19.2 Å². The summed E-state index contributed by atoms with van der Waals surface area (Å²) in [6.45, 7) is 4.88. The summed E-state index contributed by atoms with van der Waals surface area (Å²) in [5.74, 6) is 0.774. The Morgan fingerprint density at radius 2 is 1.80 bits per heavy atom. The molecule has 0 saturated heterocycles. The van der Waals surface area contributed by atoms with Crippen LogP contribution in [0.5, 0.6) is 11.5 Å². The van der Waals surface area contributed by atoms with Crippen LogP contribution in [0.1, 0.15) is 50.7 Å². The highest BCUT2D eigenvalue weighted by Gasteiger charge is 2.11. The molecule has 1 N–H and O–H groups in total. The van der Waals surface area contributed by atoms with Gasteiger partial charge in [0.2, 0.25) is 0 Å². The maximum Gasteiger partial charge on any atom is 0.266 e. The molecule has 0 aliphatic heterocycles. The number of carbonyl (C=O) groups is 1. The number of aryl methyl sites for hydroxylation is 1. The third kappa shape index (κ3) is 6.97. The molecule has 158 valence electrons. The van der Waals surface area contributed by atoms with E-state index in [-0.39, 0.29) is 5.57 Å². The van der Waals surface area contributed by atoms with Crippen molar-refractivity contribution >= 4 is 17.7 Å². The Balaban J connectivity index is 2.10. The van der Waals surface area contributed by atoms with Crippen molar-refractivity contribution < 1.29 is 14.3 Å². The number of rotatable bonds is 11. The molecular formula is C25H30N2O3. The van der Waals surface area contributed by atoms with E-state index in [9.17, 15) is 10.1 Å². The van der Waals surface area contributed by atoms with Crippen molar-refractivity contribution in [3.63, 3.8) is 0 Å². The van der Waals surface area contributed by atoms with Gasteiger partial charge in [0.1, 0.15) is 11.6 Å². The number of ether oxygens (including phenoxy) is 2. The minimum atomic E-state index is -0.443. The van der Waals surface area contributed by atoms with Crippen molar-refractivity contribution in [3.8, 4) is 17.6 Å². The van der Waals surface area contributed by atoms with E-state index in [1.165, 1.54) is 5.56 Å². The van der Waals surface area contributed by atoms with Gasteiger partial charge in [0.15, 0.2) is 11.5 Å². The minimum Gasteiger partial charge on any atom is -0.493 e. The predicted octanol–water partition coefficient (Wildman–Crippen LogP) is 5.76. The van der Waals surface area contributed by atoms with E-state index in [0.717, 1.165) is 32.1 Å². The van der Waals surface area contributed by atoms with Gasteiger partial charge in [0.25, 0.3) is 5.91 Å². The van der Waals surface area contributed by atoms with Crippen LogP contribution in [0.15, 0.2) is 48.0 Å². The van der Waals surface area contributed by atoms with Crippen LogP contribution in [0, 0.1) is 11.3 Å². The minimum absolute atomic E-state index is 0.0202. The molecule has 0 bridgehead atoms. The van der Waals surface area contributed by atoms with Gasteiger partial charge in [-0.1, -0.05) is 44.9 Å². The molecule has 2 aromatic rings. The fourth-order valence-electron chi connectivity index (χ4n) is 2.87. The number of nitrogens with zero attached hydrogens (tertiary/aromatic N) is 1. The number of benzene rings is 2. The van der Waals surface area contributed by atoms with Gasteiger partial charge in [0, 0.05) is 5.69 Å². The predicted molar refractivity (Wildman–Crippen MR) is 121 cm³/mol. The molecule has 1 amide bonds. The average Bonchev–Trinajstić information content (AvgIpc) is 2.77. The second-order valence-corrected chi connectivity index (χ2v) is 7.04. The van der Waals surface area contributed by atoms with E-state index in [0.29, 0.717) is 29.4 Å². The smallest absolute Gasteiger partial charge is 0.266 e. The highest BCUT2D eigenvalue weighted by Crippen LogP contribution is 2.29. The standard InChI is InChI=1S/C25H30N2O3/c1-4-6-8-19-9-12-22(13-10-19)27-25(28)21(18-26)16-20-11-14-23(24(17-20)29-3)30-15-7-5-2/h9-14,16-17H,4-8,15H2,1-3H3,(H,27,28)/b21-16+. The maximum absolute atomic E-state index is 12.5. The van der Waals surface area contributed by atoms with Crippen molar-refractivity contribution in [3.05, 3.63) is 59.2 Å². The summed E-state index contributed by atoms with van der Waals surface area (Å²) in [4.78, 5) is 12.5. The third-order valence-electron chi connectivity index (χ3n) is 4.65. The Kier molecular flexibility index (Phi) is 9.47. The lowest BCUT2D eigenvalue weighted by molar-refractivity contribution is -0.112. The molecule has 0 atom stereocenters. The zero-order chi connectivity index (χ0) is 21.8. The van der Waals surface area contributed by atoms with E-state index in [4.69, 9.17) is 9.47 Å². The topological polar surface area (TPSA) is 71.3 Å². The first-order valence-corrected chi connectivity index (χ1v) is 10.4. The van der Waals surface area contributed by atoms with Gasteiger partial charge in [-0.05, 0) is 60.7 Å². The van der Waals surface area contributed by atoms with Gasteiger partial charge in [0.05, 0.1) is 13.7 Å². The molecule has 0 aliphatic carbocycles. The second-order valence-electron chi connectivity index (χ2n) is 7.04. The van der Waals surface area contributed by atoms with Gasteiger partial charge in [-0.25, -0.2) is 0 Å². The zero-order valence-corrected chi connectivity index (χ0v) is 18.0. The molecule has 2 rings (SSSR count). The number of carbonyl (C=O) groups excluding carboxylic acids is 1. The molecule has 0 aliphatic rings. The lowest BCUT2D eigenvalue weighted by atomic mass is 10.1. The SMILES string of the molecule is CCCCOc1ccc(/C=C(\C#N)C(=O)Nc2ccc(CCCC)cc2)cc1OC. The average molecular weight is 407 g/mol. The van der Waals surface area contributed by atoms with E-state index < -0.39 is 5.91 Å². The monoisotopic (exact) mass is 406 g/mol. The third-order valence-corrected chi connectivity index (χ3v) is 4.65. The lowest BCUT2D eigenvalue weighted by Gasteiger charge is -2.11. The normalized spacial score (nSPS) is 10.9.